The van der Waals surface area contributed by atoms with E-state index in [0.717, 1.165) is 26.2 Å². The lowest BCUT2D eigenvalue weighted by atomic mass is 10.2. The molecule has 0 N–H and O–H groups in total. The fourth-order valence-electron chi connectivity index (χ4n) is 2.35. The van der Waals surface area contributed by atoms with Crippen LogP contribution in [0.25, 0.3) is 10.1 Å². The molecule has 19 heavy (non-hydrogen) atoms. The van der Waals surface area contributed by atoms with Gasteiger partial charge in [0, 0.05) is 47.3 Å². The second kappa shape index (κ2) is 6.75. The third-order valence-electron chi connectivity index (χ3n) is 3.35. The molecule has 0 atom stereocenters. The minimum atomic E-state index is 0. The maximum atomic E-state index is 4.58. The van der Waals surface area contributed by atoms with Crippen molar-refractivity contribution < 1.29 is 0 Å². The lowest BCUT2D eigenvalue weighted by Crippen LogP contribution is -2.44. The van der Waals surface area contributed by atoms with Gasteiger partial charge in [-0.3, -0.25) is 0 Å². The van der Waals surface area contributed by atoms with E-state index in [2.05, 4.69) is 40.9 Å². The Bertz CT molecular complexity index is 536. The van der Waals surface area contributed by atoms with Crippen LogP contribution in [0.3, 0.4) is 0 Å². The molecule has 3 heterocycles. The molecule has 0 amide bonds. The predicted octanol–water partition coefficient (Wildman–Crippen LogP) is 3.20. The number of pyridine rings is 1. The molecule has 1 fully saturated rings. The van der Waals surface area contributed by atoms with Crippen LogP contribution in [-0.2, 0) is 0 Å². The molecular formula is C13H19Cl2N3S. The number of hydrogen-bond acceptors (Lipinski definition) is 4. The van der Waals surface area contributed by atoms with Crippen LogP contribution in [0, 0.1) is 6.92 Å². The number of nitrogens with zero attached hydrogens (tertiary/aromatic N) is 3. The molecule has 0 unspecified atom stereocenters. The van der Waals surface area contributed by atoms with Gasteiger partial charge in [-0.25, -0.2) is 4.98 Å². The smallest absolute Gasteiger partial charge is 0.137 e. The SMILES string of the molecule is Cc1cc2c(N3CCN(C)CC3)nccc2s1.Cl.Cl. The number of aryl methyl sites for hydroxylation is 1. The molecule has 3 rings (SSSR count). The molecule has 106 valence electrons. The molecule has 1 saturated heterocycles. The van der Waals surface area contributed by atoms with Crippen LogP contribution < -0.4 is 4.90 Å². The van der Waals surface area contributed by atoms with Crippen molar-refractivity contribution in [2.75, 3.05) is 38.1 Å². The standard InChI is InChI=1S/C13H17N3S.2ClH/c1-10-9-11-12(17-10)3-4-14-13(11)16-7-5-15(2)6-8-16;;/h3-4,9H,5-8H2,1-2H3;2*1H. The number of aromatic nitrogens is 1. The van der Waals surface area contributed by atoms with Crippen molar-refractivity contribution in [3.05, 3.63) is 23.2 Å². The minimum Gasteiger partial charge on any atom is -0.354 e. The number of anilines is 1. The summed E-state index contributed by atoms with van der Waals surface area (Å²) in [6.45, 7) is 6.58. The maximum Gasteiger partial charge on any atom is 0.137 e. The average molecular weight is 320 g/mol. The lowest BCUT2D eigenvalue weighted by molar-refractivity contribution is 0.312. The third kappa shape index (κ3) is 3.31. The fraction of sp³-hybridized carbons (Fsp3) is 0.462. The fourth-order valence-corrected chi connectivity index (χ4v) is 3.26. The zero-order valence-corrected chi connectivity index (χ0v) is 13.6. The van der Waals surface area contributed by atoms with E-state index < -0.39 is 0 Å². The molecule has 1 aliphatic rings. The van der Waals surface area contributed by atoms with Gasteiger partial charge >= 0.3 is 0 Å². The summed E-state index contributed by atoms with van der Waals surface area (Å²) in [5.74, 6) is 1.17. The Balaban J connectivity index is 0.000000902. The van der Waals surface area contributed by atoms with Gasteiger partial charge in [0.05, 0.1) is 0 Å². The first-order valence-electron chi connectivity index (χ1n) is 6.03. The van der Waals surface area contributed by atoms with Gasteiger partial charge in [0.15, 0.2) is 0 Å². The number of hydrogen-bond donors (Lipinski definition) is 0. The zero-order chi connectivity index (χ0) is 11.8. The van der Waals surface area contributed by atoms with E-state index >= 15 is 0 Å². The normalized spacial score (nSPS) is 16.0. The summed E-state index contributed by atoms with van der Waals surface area (Å²) in [5.41, 5.74) is 0. The van der Waals surface area contributed by atoms with E-state index in [0.29, 0.717) is 0 Å². The van der Waals surface area contributed by atoms with Crippen molar-refractivity contribution in [2.24, 2.45) is 0 Å². The average Bonchev–Trinajstić information content (AvgIpc) is 2.70. The molecule has 3 nitrogen and oxygen atoms in total. The summed E-state index contributed by atoms with van der Waals surface area (Å²) in [7, 11) is 2.18. The van der Waals surface area contributed by atoms with Crippen LogP contribution in [0.5, 0.6) is 0 Å². The van der Waals surface area contributed by atoms with Crippen LogP contribution in [0.2, 0.25) is 0 Å². The molecule has 2 aromatic heterocycles. The summed E-state index contributed by atoms with van der Waals surface area (Å²) in [6.07, 6.45) is 1.94. The molecule has 0 aromatic carbocycles. The molecule has 0 radical (unpaired) electrons. The highest BCUT2D eigenvalue weighted by atomic mass is 35.5. The van der Waals surface area contributed by atoms with Gasteiger partial charge in [-0.1, -0.05) is 0 Å². The van der Waals surface area contributed by atoms with Crippen molar-refractivity contribution in [2.45, 2.75) is 6.92 Å². The van der Waals surface area contributed by atoms with E-state index in [1.807, 2.05) is 17.5 Å². The summed E-state index contributed by atoms with van der Waals surface area (Å²) in [4.78, 5) is 10.7. The van der Waals surface area contributed by atoms with E-state index in [4.69, 9.17) is 0 Å². The maximum absolute atomic E-state index is 4.58. The monoisotopic (exact) mass is 319 g/mol. The van der Waals surface area contributed by atoms with Gasteiger partial charge in [-0.2, -0.15) is 0 Å². The molecular weight excluding hydrogens is 301 g/mol. The second-order valence-corrected chi connectivity index (χ2v) is 5.98. The molecule has 0 aliphatic carbocycles. The van der Waals surface area contributed by atoms with Crippen LogP contribution in [0.1, 0.15) is 4.88 Å². The first-order valence-corrected chi connectivity index (χ1v) is 6.84. The number of rotatable bonds is 1. The van der Waals surface area contributed by atoms with Gasteiger partial charge in [-0.05, 0) is 26.1 Å². The van der Waals surface area contributed by atoms with Crippen molar-refractivity contribution in [3.63, 3.8) is 0 Å². The zero-order valence-electron chi connectivity index (χ0n) is 11.1. The molecule has 0 saturated carbocycles. The first kappa shape index (κ1) is 16.5. The Morgan fingerprint density at radius 2 is 1.84 bits per heavy atom. The molecule has 1 aliphatic heterocycles. The molecule has 2 aromatic rings. The second-order valence-electron chi connectivity index (χ2n) is 4.69. The van der Waals surface area contributed by atoms with Crippen LogP contribution in [0.4, 0.5) is 5.82 Å². The molecule has 0 spiro atoms. The highest BCUT2D eigenvalue weighted by Crippen LogP contribution is 2.31. The molecule has 0 bridgehead atoms. The summed E-state index contributed by atoms with van der Waals surface area (Å²) in [5, 5.41) is 1.32. The molecule has 6 heteroatoms. The Morgan fingerprint density at radius 3 is 2.53 bits per heavy atom. The number of likely N-dealkylation sites (N-methyl/N-ethyl adjacent to an activating group) is 1. The quantitative estimate of drug-likeness (QED) is 0.804. The lowest BCUT2D eigenvalue weighted by Gasteiger charge is -2.33. The van der Waals surface area contributed by atoms with E-state index in [1.165, 1.54) is 20.8 Å². The topological polar surface area (TPSA) is 19.4 Å². The van der Waals surface area contributed by atoms with Crippen molar-refractivity contribution in [3.8, 4) is 0 Å². The van der Waals surface area contributed by atoms with Gasteiger partial charge < -0.3 is 9.80 Å². The van der Waals surface area contributed by atoms with Crippen molar-refractivity contribution >= 4 is 52.1 Å². The Labute approximate surface area is 130 Å². The summed E-state index contributed by atoms with van der Waals surface area (Å²) in [6, 6.07) is 4.38. The van der Waals surface area contributed by atoms with E-state index in [1.54, 1.807) is 0 Å². The summed E-state index contributed by atoms with van der Waals surface area (Å²) < 4.78 is 1.35. The van der Waals surface area contributed by atoms with Crippen molar-refractivity contribution in [1.82, 2.24) is 9.88 Å². The Morgan fingerprint density at radius 1 is 1.16 bits per heavy atom. The van der Waals surface area contributed by atoms with Gasteiger partial charge in [0.25, 0.3) is 0 Å². The number of piperazine rings is 1. The highest BCUT2D eigenvalue weighted by Gasteiger charge is 2.17. The predicted molar refractivity (Wildman–Crippen MR) is 88.6 cm³/mol. The van der Waals surface area contributed by atoms with E-state index in [-0.39, 0.29) is 24.8 Å². The largest absolute Gasteiger partial charge is 0.354 e. The van der Waals surface area contributed by atoms with Crippen molar-refractivity contribution in [1.29, 1.82) is 0 Å². The first-order chi connectivity index (χ1) is 8.24. The summed E-state index contributed by atoms with van der Waals surface area (Å²) >= 11 is 1.85. The van der Waals surface area contributed by atoms with Gasteiger partial charge in [-0.15, -0.1) is 36.2 Å². The van der Waals surface area contributed by atoms with Crippen LogP contribution in [0.15, 0.2) is 18.3 Å². The number of halogens is 2. The van der Waals surface area contributed by atoms with Gasteiger partial charge in [0.1, 0.15) is 5.82 Å². The van der Waals surface area contributed by atoms with Crippen LogP contribution in [-0.4, -0.2) is 43.1 Å². The number of thiophene rings is 1. The number of fused-ring (bicyclic) bond motifs is 1. The van der Waals surface area contributed by atoms with Crippen LogP contribution >= 0.6 is 36.2 Å². The third-order valence-corrected chi connectivity index (χ3v) is 4.37. The Kier molecular flexibility index (Phi) is 5.86. The van der Waals surface area contributed by atoms with Gasteiger partial charge in [0.2, 0.25) is 0 Å². The Hall–Kier alpha value is -0.550. The minimum absolute atomic E-state index is 0. The van der Waals surface area contributed by atoms with E-state index in [9.17, 15) is 0 Å². The highest BCUT2D eigenvalue weighted by molar-refractivity contribution is 7.19.